The van der Waals surface area contributed by atoms with Crippen LogP contribution < -0.4 is 24.4 Å². The van der Waals surface area contributed by atoms with Gasteiger partial charge in [0, 0.05) is 6.54 Å². The molecule has 0 spiro atoms. The standard InChI is InChI=1S/C21H33N3O5/c1-5-6-7-22-19(25)15-23-8-10-24(11-9-23)20(26)14-16-12-17(27-2)21(29-4)18(13-16)28-3/h12-13H,5-11,14-15H2,1-4H3,(H,22,25)/p+1. The van der Waals surface area contributed by atoms with Gasteiger partial charge >= 0.3 is 0 Å². The maximum atomic E-state index is 12.7. The first-order chi connectivity index (χ1) is 14.0. The van der Waals surface area contributed by atoms with Crippen molar-refractivity contribution in [1.29, 1.82) is 0 Å². The summed E-state index contributed by atoms with van der Waals surface area (Å²) < 4.78 is 16.1. The topological polar surface area (TPSA) is 81.5 Å². The van der Waals surface area contributed by atoms with E-state index in [9.17, 15) is 9.59 Å². The molecule has 2 N–H and O–H groups in total. The minimum atomic E-state index is 0.0609. The van der Waals surface area contributed by atoms with Crippen LogP contribution in [0.5, 0.6) is 17.2 Å². The first kappa shape index (κ1) is 22.8. The van der Waals surface area contributed by atoms with E-state index in [0.29, 0.717) is 36.9 Å². The largest absolute Gasteiger partial charge is 0.493 e. The van der Waals surface area contributed by atoms with E-state index in [2.05, 4.69) is 12.2 Å². The third-order valence-corrected chi connectivity index (χ3v) is 5.17. The number of amides is 2. The van der Waals surface area contributed by atoms with Gasteiger partial charge in [0.15, 0.2) is 18.0 Å². The second kappa shape index (κ2) is 11.5. The molecule has 0 atom stereocenters. The average molecular weight is 409 g/mol. The Balaban J connectivity index is 1.87. The fraction of sp³-hybridized carbons (Fsp3) is 0.619. The number of nitrogens with zero attached hydrogens (tertiary/aromatic N) is 1. The summed E-state index contributed by atoms with van der Waals surface area (Å²) in [5, 5.41) is 2.95. The van der Waals surface area contributed by atoms with Crippen molar-refractivity contribution in [3.8, 4) is 17.2 Å². The van der Waals surface area contributed by atoms with E-state index in [0.717, 1.165) is 38.0 Å². The monoisotopic (exact) mass is 408 g/mol. The van der Waals surface area contributed by atoms with Crippen LogP contribution in [0, 0.1) is 0 Å². The second-order valence-corrected chi connectivity index (χ2v) is 7.22. The van der Waals surface area contributed by atoms with E-state index in [1.54, 1.807) is 33.5 Å². The Hall–Kier alpha value is -2.48. The summed E-state index contributed by atoms with van der Waals surface area (Å²) in [7, 11) is 4.67. The molecule has 1 heterocycles. The van der Waals surface area contributed by atoms with Crippen LogP contribution in [-0.4, -0.2) is 77.3 Å². The van der Waals surface area contributed by atoms with Crippen LogP contribution in [0.1, 0.15) is 25.3 Å². The number of piperazine rings is 1. The first-order valence-corrected chi connectivity index (χ1v) is 10.2. The number of benzene rings is 1. The van der Waals surface area contributed by atoms with Gasteiger partial charge in [0.1, 0.15) is 0 Å². The minimum absolute atomic E-state index is 0.0609. The SMILES string of the molecule is CCCCNC(=O)C[NH+]1CCN(C(=O)Cc2cc(OC)c(OC)c(OC)c2)CC1. The quantitative estimate of drug-likeness (QED) is 0.529. The van der Waals surface area contributed by atoms with Crippen LogP contribution in [0.3, 0.4) is 0 Å². The van der Waals surface area contributed by atoms with Gasteiger partial charge < -0.3 is 29.3 Å². The van der Waals surface area contributed by atoms with Crippen molar-refractivity contribution >= 4 is 11.8 Å². The first-order valence-electron chi connectivity index (χ1n) is 10.2. The van der Waals surface area contributed by atoms with Gasteiger partial charge in [-0.2, -0.15) is 0 Å². The number of carbonyl (C=O) groups excluding carboxylic acids is 2. The summed E-state index contributed by atoms with van der Waals surface area (Å²) >= 11 is 0. The van der Waals surface area contributed by atoms with Crippen molar-refractivity contribution in [2.75, 3.05) is 60.6 Å². The Morgan fingerprint density at radius 1 is 1.07 bits per heavy atom. The van der Waals surface area contributed by atoms with Crippen LogP contribution in [0.4, 0.5) is 0 Å². The lowest BCUT2D eigenvalue weighted by Gasteiger charge is -2.32. The van der Waals surface area contributed by atoms with Crippen molar-refractivity contribution < 1.29 is 28.7 Å². The molecule has 2 amide bonds. The normalized spacial score (nSPS) is 14.4. The molecule has 2 rings (SSSR count). The highest BCUT2D eigenvalue weighted by Crippen LogP contribution is 2.38. The van der Waals surface area contributed by atoms with Gasteiger partial charge in [0.05, 0.1) is 53.9 Å². The molecule has 1 fully saturated rings. The number of rotatable bonds is 10. The third-order valence-electron chi connectivity index (χ3n) is 5.17. The summed E-state index contributed by atoms with van der Waals surface area (Å²) in [6.07, 6.45) is 2.34. The zero-order chi connectivity index (χ0) is 21.2. The predicted molar refractivity (Wildman–Crippen MR) is 110 cm³/mol. The van der Waals surface area contributed by atoms with Crippen molar-refractivity contribution in [3.05, 3.63) is 17.7 Å². The zero-order valence-corrected chi connectivity index (χ0v) is 18.0. The van der Waals surface area contributed by atoms with E-state index in [4.69, 9.17) is 14.2 Å². The molecular weight excluding hydrogens is 374 g/mol. The molecule has 0 bridgehead atoms. The highest BCUT2D eigenvalue weighted by atomic mass is 16.5. The molecule has 0 radical (unpaired) electrons. The number of quaternary nitrogens is 1. The molecule has 1 aromatic rings. The Labute approximate surface area is 173 Å². The van der Waals surface area contributed by atoms with Crippen molar-refractivity contribution in [2.45, 2.75) is 26.2 Å². The lowest BCUT2D eigenvalue weighted by Crippen LogP contribution is -3.15. The van der Waals surface area contributed by atoms with Crippen LogP contribution in [-0.2, 0) is 16.0 Å². The van der Waals surface area contributed by atoms with E-state index >= 15 is 0 Å². The summed E-state index contributed by atoms with van der Waals surface area (Å²) in [5.41, 5.74) is 0.814. The molecule has 1 aromatic carbocycles. The Bertz CT molecular complexity index is 662. The lowest BCUT2D eigenvalue weighted by atomic mass is 10.1. The van der Waals surface area contributed by atoms with Crippen LogP contribution >= 0.6 is 0 Å². The summed E-state index contributed by atoms with van der Waals surface area (Å²) in [6, 6.07) is 3.61. The second-order valence-electron chi connectivity index (χ2n) is 7.22. The summed E-state index contributed by atoms with van der Waals surface area (Å²) in [5.74, 6) is 1.74. The van der Waals surface area contributed by atoms with Crippen LogP contribution in [0.2, 0.25) is 0 Å². The van der Waals surface area contributed by atoms with Crippen molar-refractivity contribution in [3.63, 3.8) is 0 Å². The smallest absolute Gasteiger partial charge is 0.275 e. The van der Waals surface area contributed by atoms with Gasteiger partial charge in [-0.1, -0.05) is 13.3 Å². The van der Waals surface area contributed by atoms with Gasteiger partial charge in [-0.05, 0) is 24.1 Å². The van der Waals surface area contributed by atoms with Gasteiger partial charge in [0.2, 0.25) is 11.7 Å². The average Bonchev–Trinajstić information content (AvgIpc) is 2.73. The van der Waals surface area contributed by atoms with Gasteiger partial charge in [0.25, 0.3) is 5.91 Å². The zero-order valence-electron chi connectivity index (χ0n) is 18.0. The number of nitrogens with one attached hydrogen (secondary N) is 2. The summed E-state index contributed by atoms with van der Waals surface area (Å²) in [4.78, 5) is 27.8. The van der Waals surface area contributed by atoms with Crippen molar-refractivity contribution in [2.24, 2.45) is 0 Å². The molecule has 1 saturated heterocycles. The highest BCUT2D eigenvalue weighted by molar-refractivity contribution is 5.79. The maximum Gasteiger partial charge on any atom is 0.275 e. The fourth-order valence-corrected chi connectivity index (χ4v) is 3.47. The molecule has 0 saturated carbocycles. The molecule has 8 heteroatoms. The number of hydrogen-bond acceptors (Lipinski definition) is 5. The molecular formula is C21H34N3O5+. The van der Waals surface area contributed by atoms with E-state index in [-0.39, 0.29) is 18.2 Å². The number of carbonyl (C=O) groups is 2. The number of methoxy groups -OCH3 is 3. The molecule has 8 nitrogen and oxygen atoms in total. The third kappa shape index (κ3) is 6.52. The number of ether oxygens (including phenoxy) is 3. The molecule has 0 aromatic heterocycles. The molecule has 0 aliphatic carbocycles. The van der Waals surface area contributed by atoms with Crippen LogP contribution in [0.25, 0.3) is 0 Å². The Kier molecular flexibility index (Phi) is 9.05. The molecule has 1 aliphatic rings. The number of unbranched alkanes of at least 4 members (excludes halogenated alkanes) is 1. The Morgan fingerprint density at radius 2 is 1.69 bits per heavy atom. The van der Waals surface area contributed by atoms with Gasteiger partial charge in [-0.25, -0.2) is 0 Å². The summed E-state index contributed by atoms with van der Waals surface area (Å²) in [6.45, 7) is 6.18. The molecule has 0 unspecified atom stereocenters. The number of hydrogen-bond donors (Lipinski definition) is 2. The van der Waals surface area contributed by atoms with Gasteiger partial charge in [-0.15, -0.1) is 0 Å². The van der Waals surface area contributed by atoms with E-state index in [1.165, 1.54) is 4.90 Å². The lowest BCUT2D eigenvalue weighted by molar-refractivity contribution is -0.896. The van der Waals surface area contributed by atoms with E-state index in [1.807, 2.05) is 4.90 Å². The van der Waals surface area contributed by atoms with Gasteiger partial charge in [-0.3, -0.25) is 9.59 Å². The fourth-order valence-electron chi connectivity index (χ4n) is 3.47. The van der Waals surface area contributed by atoms with Crippen molar-refractivity contribution in [1.82, 2.24) is 10.2 Å². The van der Waals surface area contributed by atoms with Crippen LogP contribution in [0.15, 0.2) is 12.1 Å². The molecule has 1 aliphatic heterocycles. The predicted octanol–water partition coefficient (Wildman–Crippen LogP) is -0.102. The van der Waals surface area contributed by atoms with E-state index < -0.39 is 0 Å². The Morgan fingerprint density at radius 3 is 2.21 bits per heavy atom. The molecule has 162 valence electrons. The highest BCUT2D eigenvalue weighted by Gasteiger charge is 2.25. The minimum Gasteiger partial charge on any atom is -0.493 e. The maximum absolute atomic E-state index is 12.7. The molecule has 29 heavy (non-hydrogen) atoms.